The van der Waals surface area contributed by atoms with Crippen molar-refractivity contribution in [3.05, 3.63) is 72.1 Å². The van der Waals surface area contributed by atoms with Crippen LogP contribution in [-0.4, -0.2) is 25.7 Å². The average Bonchev–Trinajstić information content (AvgIpc) is 3.51. The molecule has 2 saturated carbocycles. The van der Waals surface area contributed by atoms with Gasteiger partial charge in [-0.2, -0.15) is 13.2 Å². The van der Waals surface area contributed by atoms with E-state index >= 15 is 0 Å². The molecule has 5 nitrogen and oxygen atoms in total. The highest BCUT2D eigenvalue weighted by molar-refractivity contribution is 5.76. The van der Waals surface area contributed by atoms with E-state index in [1.54, 1.807) is 0 Å². The standard InChI is InChI=1S/C25H22F3N5/c26-25(27,28)17-6-7-19-20(14-17)30-22(29-19)23-10-12-24(15-23,13-11-23)31-21-9-8-18(32-33-21)16-4-2-1-3-5-16/h1-9,14H,10-13,15H2,(H,29,30)(H,31,33). The number of hydrogen-bond acceptors (Lipinski definition) is 4. The predicted octanol–water partition coefficient (Wildman–Crippen LogP) is 6.11. The number of alkyl halides is 3. The minimum absolute atomic E-state index is 0.0982. The maximum Gasteiger partial charge on any atom is 0.416 e. The Labute approximate surface area is 188 Å². The topological polar surface area (TPSA) is 66.5 Å². The number of aromatic amines is 1. The van der Waals surface area contributed by atoms with Crippen molar-refractivity contribution in [1.82, 2.24) is 20.2 Å². The van der Waals surface area contributed by atoms with Crippen molar-refractivity contribution in [2.75, 3.05) is 5.32 Å². The van der Waals surface area contributed by atoms with Gasteiger partial charge in [0.05, 0.1) is 22.3 Å². The first-order valence-corrected chi connectivity index (χ1v) is 11.1. The monoisotopic (exact) mass is 449 g/mol. The first-order valence-electron chi connectivity index (χ1n) is 11.1. The van der Waals surface area contributed by atoms with E-state index in [0.717, 1.165) is 67.1 Å². The summed E-state index contributed by atoms with van der Waals surface area (Å²) in [7, 11) is 0. The second-order valence-electron chi connectivity index (χ2n) is 9.35. The molecule has 2 aliphatic rings. The van der Waals surface area contributed by atoms with Gasteiger partial charge in [-0.3, -0.25) is 0 Å². The van der Waals surface area contributed by atoms with E-state index in [-0.39, 0.29) is 11.0 Å². The normalized spacial score (nSPS) is 24.5. The van der Waals surface area contributed by atoms with Crippen molar-refractivity contribution in [3.8, 4) is 11.3 Å². The summed E-state index contributed by atoms with van der Waals surface area (Å²) >= 11 is 0. The fraction of sp³-hybridized carbons (Fsp3) is 0.320. The van der Waals surface area contributed by atoms with Gasteiger partial charge in [0.25, 0.3) is 0 Å². The van der Waals surface area contributed by atoms with Gasteiger partial charge < -0.3 is 10.3 Å². The summed E-state index contributed by atoms with van der Waals surface area (Å²) in [5.41, 5.74) is 1.96. The van der Waals surface area contributed by atoms with E-state index in [9.17, 15) is 13.2 Å². The van der Waals surface area contributed by atoms with Gasteiger partial charge in [-0.25, -0.2) is 4.98 Å². The molecule has 0 spiro atoms. The Hall–Kier alpha value is -3.42. The maximum atomic E-state index is 13.1. The number of rotatable bonds is 4. The van der Waals surface area contributed by atoms with Crippen LogP contribution in [0.1, 0.15) is 43.5 Å². The molecule has 4 aromatic rings. The van der Waals surface area contributed by atoms with Crippen LogP contribution in [0.5, 0.6) is 0 Å². The van der Waals surface area contributed by atoms with Crippen molar-refractivity contribution in [2.24, 2.45) is 0 Å². The molecule has 2 heterocycles. The highest BCUT2D eigenvalue weighted by Crippen LogP contribution is 2.58. The lowest BCUT2D eigenvalue weighted by Crippen LogP contribution is -2.33. The summed E-state index contributed by atoms with van der Waals surface area (Å²) in [4.78, 5) is 7.90. The van der Waals surface area contributed by atoms with Crippen LogP contribution < -0.4 is 5.32 Å². The number of aromatic nitrogens is 4. The summed E-state index contributed by atoms with van der Waals surface area (Å²) in [6.07, 6.45) is 0.283. The Morgan fingerprint density at radius 1 is 0.879 bits per heavy atom. The molecule has 8 heteroatoms. The molecule has 33 heavy (non-hydrogen) atoms. The van der Waals surface area contributed by atoms with Crippen LogP contribution in [-0.2, 0) is 11.6 Å². The number of imidazole rings is 1. The Morgan fingerprint density at radius 2 is 1.67 bits per heavy atom. The molecule has 2 N–H and O–H groups in total. The largest absolute Gasteiger partial charge is 0.416 e. The van der Waals surface area contributed by atoms with Crippen LogP contribution in [0.4, 0.5) is 19.0 Å². The zero-order valence-corrected chi connectivity index (χ0v) is 17.8. The molecular weight excluding hydrogens is 427 g/mol. The zero-order valence-electron chi connectivity index (χ0n) is 17.8. The molecule has 2 bridgehead atoms. The quantitative estimate of drug-likeness (QED) is 0.395. The number of H-pyrrole nitrogens is 1. The zero-order chi connectivity index (χ0) is 22.7. The van der Waals surface area contributed by atoms with Crippen LogP contribution in [0.3, 0.4) is 0 Å². The lowest BCUT2D eigenvalue weighted by Gasteiger charge is -2.28. The molecule has 2 aliphatic carbocycles. The fourth-order valence-electron chi connectivity index (χ4n) is 5.57. The third kappa shape index (κ3) is 3.44. The SMILES string of the molecule is FC(F)(F)c1ccc2nc(C34CCC(Nc5ccc(-c6ccccc6)nn5)(CC3)C4)[nH]c2c1. The minimum Gasteiger partial charge on any atom is -0.363 e. The van der Waals surface area contributed by atoms with E-state index in [0.29, 0.717) is 11.0 Å². The molecular formula is C25H22F3N5. The van der Waals surface area contributed by atoms with Crippen molar-refractivity contribution >= 4 is 16.9 Å². The Kier molecular flexibility index (Phi) is 4.31. The first-order chi connectivity index (χ1) is 15.8. The number of fused-ring (bicyclic) bond motifs is 3. The van der Waals surface area contributed by atoms with Crippen LogP contribution in [0.25, 0.3) is 22.3 Å². The van der Waals surface area contributed by atoms with E-state index < -0.39 is 11.7 Å². The molecule has 168 valence electrons. The minimum atomic E-state index is -4.37. The van der Waals surface area contributed by atoms with E-state index in [1.165, 1.54) is 6.07 Å². The van der Waals surface area contributed by atoms with Crippen LogP contribution in [0.2, 0.25) is 0 Å². The number of nitrogens with one attached hydrogen (secondary N) is 2. The predicted molar refractivity (Wildman–Crippen MR) is 120 cm³/mol. The van der Waals surface area contributed by atoms with Crippen LogP contribution >= 0.6 is 0 Å². The van der Waals surface area contributed by atoms with Crippen LogP contribution in [0.15, 0.2) is 60.7 Å². The lowest BCUT2D eigenvalue weighted by molar-refractivity contribution is -0.137. The molecule has 0 atom stereocenters. The smallest absolute Gasteiger partial charge is 0.363 e. The number of hydrogen-bond donors (Lipinski definition) is 2. The summed E-state index contributed by atoms with van der Waals surface area (Å²) in [6.45, 7) is 0. The summed E-state index contributed by atoms with van der Waals surface area (Å²) in [5, 5.41) is 12.4. The van der Waals surface area contributed by atoms with Crippen molar-refractivity contribution in [1.29, 1.82) is 0 Å². The highest BCUT2D eigenvalue weighted by atomic mass is 19.4. The van der Waals surface area contributed by atoms with Gasteiger partial charge in [0, 0.05) is 16.5 Å². The number of halogens is 3. The summed E-state index contributed by atoms with van der Waals surface area (Å²) in [6, 6.07) is 17.6. The molecule has 0 aliphatic heterocycles. The van der Waals surface area contributed by atoms with Crippen molar-refractivity contribution < 1.29 is 13.2 Å². The second kappa shape index (κ2) is 7.04. The molecule has 2 aromatic carbocycles. The first kappa shape index (κ1) is 20.2. The van der Waals surface area contributed by atoms with Gasteiger partial charge in [0.2, 0.25) is 0 Å². The number of benzene rings is 2. The summed E-state index contributed by atoms with van der Waals surface area (Å²) in [5.74, 6) is 1.54. The molecule has 2 aromatic heterocycles. The van der Waals surface area contributed by atoms with Gasteiger partial charge in [-0.1, -0.05) is 30.3 Å². The number of anilines is 1. The lowest BCUT2D eigenvalue weighted by atomic mass is 9.83. The molecule has 0 radical (unpaired) electrons. The molecule has 0 saturated heterocycles. The van der Waals surface area contributed by atoms with E-state index in [1.807, 2.05) is 42.5 Å². The molecule has 0 unspecified atom stereocenters. The Balaban J connectivity index is 1.23. The third-order valence-electron chi connectivity index (χ3n) is 7.28. The van der Waals surface area contributed by atoms with Gasteiger partial charge >= 0.3 is 6.18 Å². The van der Waals surface area contributed by atoms with Crippen LogP contribution in [0, 0.1) is 0 Å². The molecule has 2 fully saturated rings. The average molecular weight is 449 g/mol. The molecule has 0 amide bonds. The fourth-order valence-corrected chi connectivity index (χ4v) is 5.57. The van der Waals surface area contributed by atoms with Gasteiger partial charge in [0.1, 0.15) is 11.6 Å². The Bertz CT molecular complexity index is 1300. The highest BCUT2D eigenvalue weighted by Gasteiger charge is 2.56. The Morgan fingerprint density at radius 3 is 2.36 bits per heavy atom. The second-order valence-corrected chi connectivity index (χ2v) is 9.35. The summed E-state index contributed by atoms with van der Waals surface area (Å²) < 4.78 is 39.3. The maximum absolute atomic E-state index is 13.1. The van der Waals surface area contributed by atoms with Gasteiger partial charge in [-0.15, -0.1) is 10.2 Å². The van der Waals surface area contributed by atoms with E-state index in [2.05, 4.69) is 20.5 Å². The van der Waals surface area contributed by atoms with Crippen molar-refractivity contribution in [3.63, 3.8) is 0 Å². The molecule has 6 rings (SSSR count). The number of nitrogens with zero attached hydrogens (tertiary/aromatic N) is 3. The van der Waals surface area contributed by atoms with E-state index in [4.69, 9.17) is 4.98 Å². The van der Waals surface area contributed by atoms with Gasteiger partial charge in [-0.05, 0) is 62.4 Å². The third-order valence-corrected chi connectivity index (χ3v) is 7.28. The van der Waals surface area contributed by atoms with Gasteiger partial charge in [0.15, 0.2) is 0 Å². The van der Waals surface area contributed by atoms with Crippen molar-refractivity contribution in [2.45, 2.75) is 49.2 Å².